The summed E-state index contributed by atoms with van der Waals surface area (Å²) in [5, 5.41) is 10.4. The molecular formula is C16H15NO. The first-order chi connectivity index (χ1) is 8.72. The fourth-order valence-electron chi connectivity index (χ4n) is 3.74. The molecule has 1 unspecified atom stereocenters. The zero-order valence-electron chi connectivity index (χ0n) is 10.0. The number of aliphatic hydroxyl groups excluding tert-OH is 1. The van der Waals surface area contributed by atoms with Crippen LogP contribution in [0.3, 0.4) is 0 Å². The largest absolute Gasteiger partial charge is 0.392 e. The number of hydrogen-bond acceptors (Lipinski definition) is 2. The molecule has 2 heteroatoms. The summed E-state index contributed by atoms with van der Waals surface area (Å²) in [5.41, 5.74) is 10.9. The molecule has 0 heterocycles. The molecular weight excluding hydrogens is 222 g/mol. The van der Waals surface area contributed by atoms with E-state index >= 15 is 0 Å². The van der Waals surface area contributed by atoms with Crippen molar-refractivity contribution in [3.8, 4) is 0 Å². The molecule has 0 saturated carbocycles. The highest BCUT2D eigenvalue weighted by molar-refractivity contribution is 5.59. The molecule has 2 aromatic carbocycles. The van der Waals surface area contributed by atoms with Gasteiger partial charge in [0.15, 0.2) is 0 Å². The molecule has 2 aromatic rings. The first-order valence-corrected chi connectivity index (χ1v) is 6.37. The first kappa shape index (κ1) is 10.3. The average Bonchev–Trinajstić information content (AvgIpc) is 2.39. The van der Waals surface area contributed by atoms with Gasteiger partial charge in [-0.1, -0.05) is 48.5 Å². The average molecular weight is 237 g/mol. The molecule has 18 heavy (non-hydrogen) atoms. The van der Waals surface area contributed by atoms with Crippen LogP contribution >= 0.6 is 0 Å². The van der Waals surface area contributed by atoms with E-state index in [1.165, 1.54) is 22.3 Å². The van der Waals surface area contributed by atoms with Crippen LogP contribution in [0.5, 0.6) is 0 Å². The number of fused-ring (bicyclic) bond motifs is 1. The molecule has 90 valence electrons. The van der Waals surface area contributed by atoms with Crippen molar-refractivity contribution in [1.29, 1.82) is 0 Å². The summed E-state index contributed by atoms with van der Waals surface area (Å²) < 4.78 is 0. The van der Waals surface area contributed by atoms with Crippen molar-refractivity contribution < 1.29 is 5.11 Å². The SMILES string of the molecule is NC12CC(O)C(c3ccccc31)c1ccccc12. The van der Waals surface area contributed by atoms with E-state index in [2.05, 4.69) is 24.3 Å². The summed E-state index contributed by atoms with van der Waals surface area (Å²) in [4.78, 5) is 0. The Kier molecular flexibility index (Phi) is 1.84. The molecule has 0 aliphatic heterocycles. The highest BCUT2D eigenvalue weighted by Gasteiger charge is 2.49. The predicted molar refractivity (Wildman–Crippen MR) is 70.3 cm³/mol. The van der Waals surface area contributed by atoms with E-state index in [-0.39, 0.29) is 12.0 Å². The van der Waals surface area contributed by atoms with Crippen LogP contribution < -0.4 is 5.73 Å². The number of benzene rings is 2. The molecule has 2 nitrogen and oxygen atoms in total. The van der Waals surface area contributed by atoms with Crippen molar-refractivity contribution in [1.82, 2.24) is 0 Å². The van der Waals surface area contributed by atoms with Crippen LogP contribution in [0, 0.1) is 0 Å². The number of rotatable bonds is 0. The van der Waals surface area contributed by atoms with E-state index in [1.54, 1.807) is 0 Å². The quantitative estimate of drug-likeness (QED) is 0.737. The molecule has 0 spiro atoms. The van der Waals surface area contributed by atoms with Crippen molar-refractivity contribution in [2.45, 2.75) is 24.0 Å². The standard InChI is InChI=1S/C16H15NO/c17-16-9-14(18)15(10-5-1-3-7-12(10)16)11-6-2-4-8-13(11)16/h1-8,14-15,18H,9,17H2. The van der Waals surface area contributed by atoms with Gasteiger partial charge >= 0.3 is 0 Å². The van der Waals surface area contributed by atoms with Gasteiger partial charge in [0.2, 0.25) is 0 Å². The van der Waals surface area contributed by atoms with Gasteiger partial charge in [0.25, 0.3) is 0 Å². The van der Waals surface area contributed by atoms with Crippen LogP contribution in [0.15, 0.2) is 48.5 Å². The first-order valence-electron chi connectivity index (χ1n) is 6.37. The van der Waals surface area contributed by atoms with Gasteiger partial charge in [-0.15, -0.1) is 0 Å². The summed E-state index contributed by atoms with van der Waals surface area (Å²) in [5.74, 6) is 0.0859. The van der Waals surface area contributed by atoms with Gasteiger partial charge < -0.3 is 10.8 Å². The van der Waals surface area contributed by atoms with Crippen molar-refractivity contribution in [3.63, 3.8) is 0 Å². The van der Waals surface area contributed by atoms with E-state index in [1.807, 2.05) is 24.3 Å². The normalized spacial score (nSPS) is 31.9. The molecule has 3 aliphatic rings. The highest BCUT2D eigenvalue weighted by atomic mass is 16.3. The zero-order chi connectivity index (χ0) is 12.3. The second-order valence-electron chi connectivity index (χ2n) is 5.39. The van der Waals surface area contributed by atoms with Crippen LogP contribution in [0.2, 0.25) is 0 Å². The Morgan fingerprint density at radius 3 is 2.00 bits per heavy atom. The van der Waals surface area contributed by atoms with Gasteiger partial charge in [-0.2, -0.15) is 0 Å². The Bertz CT molecular complexity index is 587. The minimum atomic E-state index is -0.526. The summed E-state index contributed by atoms with van der Waals surface area (Å²) in [6, 6.07) is 16.5. The van der Waals surface area contributed by atoms with Crippen LogP contribution in [-0.2, 0) is 5.54 Å². The molecule has 0 radical (unpaired) electrons. The summed E-state index contributed by atoms with van der Waals surface area (Å²) >= 11 is 0. The molecule has 2 bridgehead atoms. The molecule has 3 aliphatic carbocycles. The molecule has 3 N–H and O–H groups in total. The topological polar surface area (TPSA) is 46.2 Å². The maximum atomic E-state index is 10.4. The summed E-state index contributed by atoms with van der Waals surface area (Å²) in [6.07, 6.45) is 0.242. The van der Waals surface area contributed by atoms with Gasteiger partial charge in [-0.05, 0) is 22.3 Å². The third kappa shape index (κ3) is 1.05. The van der Waals surface area contributed by atoms with E-state index in [4.69, 9.17) is 5.73 Å². The monoisotopic (exact) mass is 237 g/mol. The number of hydrogen-bond donors (Lipinski definition) is 2. The fourth-order valence-corrected chi connectivity index (χ4v) is 3.74. The summed E-state index contributed by atoms with van der Waals surface area (Å²) in [6.45, 7) is 0. The maximum absolute atomic E-state index is 10.4. The Labute approximate surface area is 106 Å². The van der Waals surface area contributed by atoms with Gasteiger partial charge in [-0.3, -0.25) is 0 Å². The lowest BCUT2D eigenvalue weighted by molar-refractivity contribution is 0.0996. The molecule has 1 atom stereocenters. The molecule has 0 saturated heterocycles. The third-order valence-electron chi connectivity index (χ3n) is 4.47. The zero-order valence-corrected chi connectivity index (χ0v) is 10.0. The van der Waals surface area contributed by atoms with Gasteiger partial charge in [-0.25, -0.2) is 0 Å². The Balaban J connectivity index is 2.11. The van der Waals surface area contributed by atoms with Gasteiger partial charge in [0, 0.05) is 12.3 Å². The highest BCUT2D eigenvalue weighted by Crippen LogP contribution is 2.53. The van der Waals surface area contributed by atoms with Crippen molar-refractivity contribution in [2.75, 3.05) is 0 Å². The number of nitrogens with two attached hydrogens (primary N) is 1. The minimum Gasteiger partial charge on any atom is -0.392 e. The lowest BCUT2D eigenvalue weighted by atomic mass is 9.59. The Hall–Kier alpha value is -1.64. The number of aliphatic hydroxyl groups is 1. The maximum Gasteiger partial charge on any atom is 0.0696 e. The Morgan fingerprint density at radius 1 is 0.944 bits per heavy atom. The molecule has 5 rings (SSSR count). The minimum absolute atomic E-state index is 0.0859. The van der Waals surface area contributed by atoms with E-state index in [0.29, 0.717) is 6.42 Å². The predicted octanol–water partition coefficient (Wildman–Crippen LogP) is 2.10. The van der Waals surface area contributed by atoms with E-state index in [9.17, 15) is 5.11 Å². The molecule has 0 fully saturated rings. The van der Waals surface area contributed by atoms with Crippen LogP contribution in [0.25, 0.3) is 0 Å². The smallest absolute Gasteiger partial charge is 0.0696 e. The molecule has 0 amide bonds. The Morgan fingerprint density at radius 2 is 1.44 bits per heavy atom. The van der Waals surface area contributed by atoms with Gasteiger partial charge in [0.05, 0.1) is 11.6 Å². The molecule has 0 aromatic heterocycles. The second kappa shape index (κ2) is 3.22. The fraction of sp³-hybridized carbons (Fsp3) is 0.250. The van der Waals surface area contributed by atoms with Crippen LogP contribution in [0.4, 0.5) is 0 Å². The van der Waals surface area contributed by atoms with E-state index < -0.39 is 5.54 Å². The second-order valence-corrected chi connectivity index (χ2v) is 5.39. The van der Waals surface area contributed by atoms with Crippen molar-refractivity contribution in [3.05, 3.63) is 70.8 Å². The van der Waals surface area contributed by atoms with Gasteiger partial charge in [0.1, 0.15) is 0 Å². The van der Waals surface area contributed by atoms with Crippen LogP contribution in [0.1, 0.15) is 34.6 Å². The third-order valence-corrected chi connectivity index (χ3v) is 4.47. The lowest BCUT2D eigenvalue weighted by Crippen LogP contribution is -2.52. The van der Waals surface area contributed by atoms with E-state index in [0.717, 1.165) is 0 Å². The van der Waals surface area contributed by atoms with Crippen molar-refractivity contribution in [2.24, 2.45) is 5.73 Å². The lowest BCUT2D eigenvalue weighted by Gasteiger charge is -2.49. The van der Waals surface area contributed by atoms with Crippen molar-refractivity contribution >= 4 is 0 Å². The van der Waals surface area contributed by atoms with Crippen LogP contribution in [-0.4, -0.2) is 11.2 Å². The summed E-state index contributed by atoms with van der Waals surface area (Å²) in [7, 11) is 0.